The predicted molar refractivity (Wildman–Crippen MR) is 42.3 cm³/mol. The standard InChI is InChI=1S/C7H12BrFO/c1-10-7-3-2-5(9)4-6(7)8/h5-7H,2-4H2,1H3. The highest BCUT2D eigenvalue weighted by molar-refractivity contribution is 9.09. The second-order valence-electron chi connectivity index (χ2n) is 2.70. The molecule has 0 N–H and O–H groups in total. The first kappa shape index (κ1) is 8.47. The van der Waals surface area contributed by atoms with Crippen LogP contribution in [0.2, 0.25) is 0 Å². The molecule has 3 atom stereocenters. The van der Waals surface area contributed by atoms with Crippen LogP contribution in [0.25, 0.3) is 0 Å². The van der Waals surface area contributed by atoms with Crippen molar-refractivity contribution in [2.24, 2.45) is 0 Å². The van der Waals surface area contributed by atoms with Gasteiger partial charge in [-0.25, -0.2) is 4.39 Å². The molecule has 0 heterocycles. The molecule has 1 saturated carbocycles. The summed E-state index contributed by atoms with van der Waals surface area (Å²) in [4.78, 5) is 0.209. The van der Waals surface area contributed by atoms with Crippen LogP contribution in [0.5, 0.6) is 0 Å². The Hall–Kier alpha value is 0.370. The highest BCUT2D eigenvalue weighted by Gasteiger charge is 2.28. The van der Waals surface area contributed by atoms with Crippen molar-refractivity contribution in [3.63, 3.8) is 0 Å². The molecule has 0 saturated heterocycles. The van der Waals surface area contributed by atoms with Crippen molar-refractivity contribution in [1.29, 1.82) is 0 Å². The summed E-state index contributed by atoms with van der Waals surface area (Å²) >= 11 is 3.39. The van der Waals surface area contributed by atoms with Crippen LogP contribution >= 0.6 is 15.9 Å². The van der Waals surface area contributed by atoms with Gasteiger partial charge in [-0.15, -0.1) is 0 Å². The van der Waals surface area contributed by atoms with Crippen LogP contribution in [0, 0.1) is 0 Å². The van der Waals surface area contributed by atoms with E-state index in [1.807, 2.05) is 0 Å². The molecule has 60 valence electrons. The third kappa shape index (κ3) is 1.92. The molecule has 3 unspecified atom stereocenters. The molecule has 1 nitrogen and oxygen atoms in total. The van der Waals surface area contributed by atoms with Crippen LogP contribution in [0.1, 0.15) is 19.3 Å². The van der Waals surface area contributed by atoms with Gasteiger partial charge in [0.05, 0.1) is 6.10 Å². The van der Waals surface area contributed by atoms with E-state index in [2.05, 4.69) is 15.9 Å². The van der Waals surface area contributed by atoms with Gasteiger partial charge in [0.15, 0.2) is 0 Å². The Morgan fingerprint density at radius 2 is 2.20 bits per heavy atom. The monoisotopic (exact) mass is 210 g/mol. The van der Waals surface area contributed by atoms with Crippen molar-refractivity contribution in [3.05, 3.63) is 0 Å². The van der Waals surface area contributed by atoms with E-state index in [-0.39, 0.29) is 10.9 Å². The zero-order valence-electron chi connectivity index (χ0n) is 6.02. The van der Waals surface area contributed by atoms with Gasteiger partial charge >= 0.3 is 0 Å². The maximum absolute atomic E-state index is 12.7. The SMILES string of the molecule is COC1CCC(F)CC1Br. The normalized spacial score (nSPS) is 41.7. The second-order valence-corrected chi connectivity index (χ2v) is 3.88. The van der Waals surface area contributed by atoms with Gasteiger partial charge in [0.1, 0.15) is 6.17 Å². The van der Waals surface area contributed by atoms with Crippen LogP contribution in [-0.2, 0) is 4.74 Å². The van der Waals surface area contributed by atoms with Gasteiger partial charge in [-0.3, -0.25) is 0 Å². The maximum atomic E-state index is 12.7. The van der Waals surface area contributed by atoms with Crippen molar-refractivity contribution < 1.29 is 9.13 Å². The molecule has 1 aliphatic rings. The van der Waals surface area contributed by atoms with Crippen molar-refractivity contribution in [2.45, 2.75) is 36.4 Å². The number of methoxy groups -OCH3 is 1. The maximum Gasteiger partial charge on any atom is 0.101 e. The molecule has 1 aliphatic carbocycles. The fraction of sp³-hybridized carbons (Fsp3) is 1.00. The molecule has 0 bridgehead atoms. The topological polar surface area (TPSA) is 9.23 Å². The first-order chi connectivity index (χ1) is 4.74. The number of ether oxygens (including phenoxy) is 1. The molecule has 0 aromatic rings. The lowest BCUT2D eigenvalue weighted by atomic mass is 9.96. The van der Waals surface area contributed by atoms with E-state index in [1.54, 1.807) is 7.11 Å². The molecular formula is C7H12BrFO. The molecule has 1 fully saturated rings. The van der Waals surface area contributed by atoms with Crippen molar-refractivity contribution in [1.82, 2.24) is 0 Å². The van der Waals surface area contributed by atoms with Crippen LogP contribution in [0.3, 0.4) is 0 Å². The van der Waals surface area contributed by atoms with E-state index in [0.717, 1.165) is 6.42 Å². The molecule has 0 aromatic carbocycles. The zero-order chi connectivity index (χ0) is 7.56. The minimum Gasteiger partial charge on any atom is -0.380 e. The average Bonchev–Trinajstić information content (AvgIpc) is 1.88. The molecule has 0 aromatic heterocycles. The Kier molecular flexibility index (Phi) is 3.11. The summed E-state index contributed by atoms with van der Waals surface area (Å²) in [5.74, 6) is 0. The Balaban J connectivity index is 2.36. The Morgan fingerprint density at radius 1 is 1.50 bits per heavy atom. The van der Waals surface area contributed by atoms with Crippen LogP contribution in [0.4, 0.5) is 4.39 Å². The molecule has 0 aliphatic heterocycles. The molecule has 10 heavy (non-hydrogen) atoms. The van der Waals surface area contributed by atoms with E-state index in [0.29, 0.717) is 12.8 Å². The highest BCUT2D eigenvalue weighted by atomic mass is 79.9. The third-order valence-corrected chi connectivity index (χ3v) is 2.91. The lowest BCUT2D eigenvalue weighted by Crippen LogP contribution is -2.31. The summed E-state index contributed by atoms with van der Waals surface area (Å²) in [5.41, 5.74) is 0. The van der Waals surface area contributed by atoms with Gasteiger partial charge < -0.3 is 4.74 Å². The second kappa shape index (κ2) is 3.67. The van der Waals surface area contributed by atoms with Crippen molar-refractivity contribution in [3.8, 4) is 0 Å². The smallest absolute Gasteiger partial charge is 0.101 e. The summed E-state index contributed by atoms with van der Waals surface area (Å²) in [6, 6.07) is 0. The van der Waals surface area contributed by atoms with Crippen molar-refractivity contribution in [2.75, 3.05) is 7.11 Å². The number of rotatable bonds is 1. The minimum atomic E-state index is -0.629. The summed E-state index contributed by atoms with van der Waals surface area (Å²) < 4.78 is 17.8. The summed E-state index contributed by atoms with van der Waals surface area (Å²) in [6.45, 7) is 0. The quantitative estimate of drug-likeness (QED) is 0.604. The number of hydrogen-bond acceptors (Lipinski definition) is 1. The van der Waals surface area contributed by atoms with Gasteiger partial charge in [-0.05, 0) is 19.3 Å². The number of halogens is 2. The van der Waals surface area contributed by atoms with Gasteiger partial charge in [-0.2, -0.15) is 0 Å². The van der Waals surface area contributed by atoms with E-state index in [9.17, 15) is 4.39 Å². The highest BCUT2D eigenvalue weighted by Crippen LogP contribution is 2.28. The molecule has 0 spiro atoms. The van der Waals surface area contributed by atoms with Gasteiger partial charge in [0, 0.05) is 11.9 Å². The van der Waals surface area contributed by atoms with Crippen LogP contribution in [0.15, 0.2) is 0 Å². The summed E-state index contributed by atoms with van der Waals surface area (Å²) in [5, 5.41) is 0. The molecule has 0 amide bonds. The Labute approximate surface area is 69.1 Å². The Morgan fingerprint density at radius 3 is 2.70 bits per heavy atom. The largest absolute Gasteiger partial charge is 0.380 e. The van der Waals surface area contributed by atoms with Crippen LogP contribution in [-0.4, -0.2) is 24.2 Å². The van der Waals surface area contributed by atoms with E-state index in [1.165, 1.54) is 0 Å². The number of hydrogen-bond donors (Lipinski definition) is 0. The first-order valence-corrected chi connectivity index (χ1v) is 4.46. The van der Waals surface area contributed by atoms with E-state index >= 15 is 0 Å². The Bertz CT molecular complexity index is 110. The lowest BCUT2D eigenvalue weighted by molar-refractivity contribution is 0.0563. The molecular weight excluding hydrogens is 199 g/mol. The molecule has 1 rings (SSSR count). The van der Waals surface area contributed by atoms with Gasteiger partial charge in [0.2, 0.25) is 0 Å². The molecule has 0 radical (unpaired) electrons. The predicted octanol–water partition coefficient (Wildman–Crippen LogP) is 2.29. The minimum absolute atomic E-state index is 0.209. The van der Waals surface area contributed by atoms with E-state index < -0.39 is 6.17 Å². The van der Waals surface area contributed by atoms with Crippen molar-refractivity contribution >= 4 is 15.9 Å². The first-order valence-electron chi connectivity index (χ1n) is 3.55. The fourth-order valence-corrected chi connectivity index (χ4v) is 2.19. The lowest BCUT2D eigenvalue weighted by Gasteiger charge is -2.27. The van der Waals surface area contributed by atoms with E-state index in [4.69, 9.17) is 4.74 Å². The third-order valence-electron chi connectivity index (χ3n) is 1.95. The number of alkyl halides is 2. The van der Waals surface area contributed by atoms with Crippen LogP contribution < -0.4 is 0 Å². The summed E-state index contributed by atoms with van der Waals surface area (Å²) in [7, 11) is 1.68. The fourth-order valence-electron chi connectivity index (χ4n) is 1.31. The summed E-state index contributed by atoms with van der Waals surface area (Å²) in [6.07, 6.45) is 1.68. The zero-order valence-corrected chi connectivity index (χ0v) is 7.60. The average molecular weight is 211 g/mol. The van der Waals surface area contributed by atoms with Gasteiger partial charge in [0.25, 0.3) is 0 Å². The van der Waals surface area contributed by atoms with Gasteiger partial charge in [-0.1, -0.05) is 15.9 Å². The molecule has 3 heteroatoms.